The van der Waals surface area contributed by atoms with E-state index in [9.17, 15) is 14.4 Å². The van der Waals surface area contributed by atoms with Crippen molar-refractivity contribution < 1.29 is 33.3 Å². The number of hydrogen-bond acceptors (Lipinski definition) is 8. The smallest absolute Gasteiger partial charge is 0.338 e. The summed E-state index contributed by atoms with van der Waals surface area (Å²) in [5, 5.41) is 9.27. The quantitative estimate of drug-likeness (QED) is 0.240. The van der Waals surface area contributed by atoms with Crippen LogP contribution in [0, 0.1) is 0 Å². The standard InChI is InChI=1S/C26H30N4O7/c1-5-35-19-10-8-7-9-18(19)14-27-30-22(31)15-37-20-12-11-17(13-21(20)34-4)24-23(25(32)36-6-2)16(3)28-26(33)29-24/h7-14,24H,5-6,15H2,1-4H3,(H,30,31)(H2,28,29,33)/b27-14+/t24-/m0/s1. The van der Waals surface area contributed by atoms with Crippen LogP contribution in [0.3, 0.4) is 0 Å². The fourth-order valence-corrected chi connectivity index (χ4v) is 3.63. The number of rotatable bonds is 11. The Morgan fingerprint density at radius 1 is 1.05 bits per heavy atom. The Balaban J connectivity index is 1.68. The van der Waals surface area contributed by atoms with Crippen LogP contribution in [0.25, 0.3) is 0 Å². The van der Waals surface area contributed by atoms with Crippen LogP contribution in [0.4, 0.5) is 4.79 Å². The maximum atomic E-state index is 12.5. The van der Waals surface area contributed by atoms with Crippen LogP contribution in [-0.2, 0) is 14.3 Å². The van der Waals surface area contributed by atoms with Gasteiger partial charge in [0.25, 0.3) is 5.91 Å². The third-order valence-corrected chi connectivity index (χ3v) is 5.26. The summed E-state index contributed by atoms with van der Waals surface area (Å²) in [5.74, 6) is 0.243. The highest BCUT2D eigenvalue weighted by molar-refractivity contribution is 5.95. The number of hydrogen-bond donors (Lipinski definition) is 3. The van der Waals surface area contributed by atoms with E-state index in [0.29, 0.717) is 35.1 Å². The van der Waals surface area contributed by atoms with Crippen LogP contribution in [0.15, 0.2) is 58.8 Å². The highest BCUT2D eigenvalue weighted by Gasteiger charge is 2.32. The molecule has 2 aromatic rings. The van der Waals surface area contributed by atoms with Gasteiger partial charge in [0, 0.05) is 11.3 Å². The number of carbonyl (C=O) groups excluding carboxylic acids is 3. The van der Waals surface area contributed by atoms with Crippen LogP contribution in [-0.4, -0.2) is 51.1 Å². The summed E-state index contributed by atoms with van der Waals surface area (Å²) >= 11 is 0. The molecule has 0 bridgehead atoms. The van der Waals surface area contributed by atoms with Gasteiger partial charge in [-0.25, -0.2) is 15.0 Å². The summed E-state index contributed by atoms with van der Waals surface area (Å²) in [6.07, 6.45) is 1.49. The number of para-hydroxylation sites is 1. The van der Waals surface area contributed by atoms with Gasteiger partial charge in [-0.05, 0) is 50.6 Å². The second-order valence-corrected chi connectivity index (χ2v) is 7.75. The van der Waals surface area contributed by atoms with Gasteiger partial charge in [0.05, 0.1) is 38.2 Å². The molecule has 0 saturated heterocycles. The van der Waals surface area contributed by atoms with Crippen molar-refractivity contribution in [3.05, 3.63) is 64.9 Å². The maximum absolute atomic E-state index is 12.5. The van der Waals surface area contributed by atoms with E-state index in [1.807, 2.05) is 31.2 Å². The first-order chi connectivity index (χ1) is 17.9. The molecule has 0 unspecified atom stereocenters. The van der Waals surface area contributed by atoms with Crippen LogP contribution in [0.1, 0.15) is 37.9 Å². The van der Waals surface area contributed by atoms with Gasteiger partial charge in [-0.3, -0.25) is 4.79 Å². The van der Waals surface area contributed by atoms with Crippen molar-refractivity contribution in [3.63, 3.8) is 0 Å². The molecule has 3 amide bonds. The lowest BCUT2D eigenvalue weighted by Gasteiger charge is -2.28. The summed E-state index contributed by atoms with van der Waals surface area (Å²) in [4.78, 5) is 36.9. The van der Waals surface area contributed by atoms with Gasteiger partial charge in [0.2, 0.25) is 0 Å². The number of benzene rings is 2. The van der Waals surface area contributed by atoms with Crippen LogP contribution >= 0.6 is 0 Å². The first kappa shape index (κ1) is 27.1. The molecule has 1 aliphatic rings. The summed E-state index contributed by atoms with van der Waals surface area (Å²) in [6.45, 7) is 5.59. The average molecular weight is 511 g/mol. The van der Waals surface area contributed by atoms with E-state index < -0.39 is 23.9 Å². The van der Waals surface area contributed by atoms with Crippen LogP contribution in [0.2, 0.25) is 0 Å². The van der Waals surface area contributed by atoms with E-state index >= 15 is 0 Å². The van der Waals surface area contributed by atoms with Crippen LogP contribution < -0.4 is 30.3 Å². The fraction of sp³-hybridized carbons (Fsp3) is 0.308. The van der Waals surface area contributed by atoms with Gasteiger partial charge in [-0.15, -0.1) is 0 Å². The zero-order chi connectivity index (χ0) is 26.8. The summed E-state index contributed by atoms with van der Waals surface area (Å²) in [7, 11) is 1.44. The second kappa shape index (κ2) is 13.0. The maximum Gasteiger partial charge on any atom is 0.338 e. The molecule has 1 atom stereocenters. The van der Waals surface area contributed by atoms with E-state index in [-0.39, 0.29) is 18.8 Å². The normalized spacial score (nSPS) is 15.0. The molecule has 11 heteroatoms. The Kier molecular flexibility index (Phi) is 9.48. The first-order valence-electron chi connectivity index (χ1n) is 11.7. The van der Waals surface area contributed by atoms with Gasteiger partial charge in [0.1, 0.15) is 5.75 Å². The summed E-state index contributed by atoms with van der Waals surface area (Å²) in [6, 6.07) is 11.0. The van der Waals surface area contributed by atoms with Crippen molar-refractivity contribution in [2.75, 3.05) is 26.9 Å². The van der Waals surface area contributed by atoms with Crippen molar-refractivity contribution in [2.24, 2.45) is 5.10 Å². The molecule has 0 fully saturated rings. The number of amides is 3. The zero-order valence-corrected chi connectivity index (χ0v) is 21.1. The highest BCUT2D eigenvalue weighted by Crippen LogP contribution is 2.34. The fourth-order valence-electron chi connectivity index (χ4n) is 3.63. The molecular formula is C26H30N4O7. The zero-order valence-electron chi connectivity index (χ0n) is 21.1. The molecule has 11 nitrogen and oxygen atoms in total. The average Bonchev–Trinajstić information content (AvgIpc) is 2.88. The molecule has 3 rings (SSSR count). The second-order valence-electron chi connectivity index (χ2n) is 7.75. The lowest BCUT2D eigenvalue weighted by atomic mass is 9.95. The van der Waals surface area contributed by atoms with Crippen molar-refractivity contribution in [1.29, 1.82) is 0 Å². The molecule has 1 heterocycles. The monoisotopic (exact) mass is 510 g/mol. The van der Waals surface area contributed by atoms with E-state index in [0.717, 1.165) is 5.56 Å². The van der Waals surface area contributed by atoms with Gasteiger partial charge in [-0.1, -0.05) is 18.2 Å². The van der Waals surface area contributed by atoms with Crippen molar-refractivity contribution in [1.82, 2.24) is 16.1 Å². The molecule has 37 heavy (non-hydrogen) atoms. The largest absolute Gasteiger partial charge is 0.493 e. The van der Waals surface area contributed by atoms with Gasteiger partial charge >= 0.3 is 12.0 Å². The Bertz CT molecular complexity index is 1210. The van der Waals surface area contributed by atoms with E-state index in [1.54, 1.807) is 32.0 Å². The molecule has 0 saturated carbocycles. The molecular weight excluding hydrogens is 480 g/mol. The topological polar surface area (TPSA) is 137 Å². The number of nitrogens with zero attached hydrogens (tertiary/aromatic N) is 1. The Hall–Kier alpha value is -4.54. The summed E-state index contributed by atoms with van der Waals surface area (Å²) in [5.41, 5.74) is 4.38. The molecule has 0 spiro atoms. The van der Waals surface area contributed by atoms with Gasteiger partial charge in [-0.2, -0.15) is 5.10 Å². The number of nitrogens with one attached hydrogen (secondary N) is 3. The molecule has 3 N–H and O–H groups in total. The Morgan fingerprint density at radius 2 is 1.84 bits per heavy atom. The lowest BCUT2D eigenvalue weighted by Crippen LogP contribution is -2.45. The number of allylic oxidation sites excluding steroid dienone is 1. The molecule has 0 aliphatic carbocycles. The number of methoxy groups -OCH3 is 1. The number of esters is 1. The van der Waals surface area contributed by atoms with Crippen molar-refractivity contribution >= 4 is 24.1 Å². The van der Waals surface area contributed by atoms with E-state index in [1.165, 1.54) is 13.3 Å². The minimum Gasteiger partial charge on any atom is -0.493 e. The molecule has 0 aromatic heterocycles. The van der Waals surface area contributed by atoms with Crippen LogP contribution in [0.5, 0.6) is 17.2 Å². The number of urea groups is 1. The van der Waals surface area contributed by atoms with E-state index in [2.05, 4.69) is 21.2 Å². The highest BCUT2D eigenvalue weighted by atomic mass is 16.5. The Morgan fingerprint density at radius 3 is 2.57 bits per heavy atom. The van der Waals surface area contributed by atoms with Crippen molar-refractivity contribution in [2.45, 2.75) is 26.8 Å². The predicted octanol–water partition coefficient (Wildman–Crippen LogP) is 2.81. The molecule has 196 valence electrons. The first-order valence-corrected chi connectivity index (χ1v) is 11.7. The SMILES string of the molecule is CCOC(=O)C1=C(C)NC(=O)N[C@H]1c1ccc(OCC(=O)N/N=C/c2ccccc2OCC)c(OC)c1. The lowest BCUT2D eigenvalue weighted by molar-refractivity contribution is -0.139. The van der Waals surface area contributed by atoms with Gasteiger partial charge in [0.15, 0.2) is 18.1 Å². The third-order valence-electron chi connectivity index (χ3n) is 5.26. The Labute approximate surface area is 214 Å². The minimum atomic E-state index is -0.757. The molecule has 0 radical (unpaired) electrons. The van der Waals surface area contributed by atoms with E-state index in [4.69, 9.17) is 18.9 Å². The third kappa shape index (κ3) is 7.00. The van der Waals surface area contributed by atoms with Gasteiger partial charge < -0.3 is 29.6 Å². The molecule has 1 aliphatic heterocycles. The number of ether oxygens (including phenoxy) is 4. The molecule has 2 aromatic carbocycles. The summed E-state index contributed by atoms with van der Waals surface area (Å²) < 4.78 is 21.7. The number of carbonyl (C=O) groups is 3. The number of hydrazone groups is 1. The minimum absolute atomic E-state index is 0.192. The van der Waals surface area contributed by atoms with Crippen molar-refractivity contribution in [3.8, 4) is 17.2 Å². The predicted molar refractivity (Wildman–Crippen MR) is 136 cm³/mol.